The van der Waals surface area contributed by atoms with Crippen LogP contribution in [0.5, 0.6) is 0 Å². The van der Waals surface area contributed by atoms with Crippen LogP contribution in [0, 0.1) is 14.1 Å². The highest BCUT2D eigenvalue weighted by molar-refractivity contribution is 7.86. The van der Waals surface area contributed by atoms with Crippen LogP contribution in [0.3, 0.4) is 0 Å². The molecule has 1 radical (unpaired) electrons. The van der Waals surface area contributed by atoms with Crippen molar-refractivity contribution in [2.24, 2.45) is 0 Å². The first kappa shape index (κ1) is 21.2. The molecule has 0 N–H and O–H groups in total. The quantitative estimate of drug-likeness (QED) is 0.363. The van der Waals surface area contributed by atoms with Gasteiger partial charge in [-0.2, -0.15) is 8.42 Å². The molecule has 28 heavy (non-hydrogen) atoms. The minimum atomic E-state index is -3.83. The normalized spacial score (nSPS) is 12.3. The van der Waals surface area contributed by atoms with E-state index in [4.69, 9.17) is 2.51 Å². The first-order chi connectivity index (χ1) is 13.2. The smallest absolute Gasteiger partial charge is 0.190 e. The molecule has 0 aliphatic carbocycles. The van der Waals surface area contributed by atoms with E-state index >= 15 is 0 Å². The summed E-state index contributed by atoms with van der Waals surface area (Å²) in [5, 5.41) is 1.35. The van der Waals surface area contributed by atoms with Crippen LogP contribution < -0.4 is 25.4 Å². The zero-order valence-corrected chi connectivity index (χ0v) is 20.5. The molecule has 6 heteroatoms. The van der Waals surface area contributed by atoms with E-state index in [9.17, 15) is 8.42 Å². The molecule has 0 amide bonds. The van der Waals surface area contributed by atoms with Crippen molar-refractivity contribution in [1.82, 2.24) is 0 Å². The van der Waals surface area contributed by atoms with Crippen molar-refractivity contribution in [2.45, 2.75) is 31.5 Å². The Hall–Kier alpha value is -1.48. The lowest BCUT2D eigenvalue weighted by Gasteiger charge is -2.16. The van der Waals surface area contributed by atoms with Gasteiger partial charge in [-0.3, -0.25) is 0 Å². The maximum absolute atomic E-state index is 13.0. The fourth-order valence-electron chi connectivity index (χ4n) is 2.62. The monoisotopic (exact) mass is 524 g/mol. The fourth-order valence-corrected chi connectivity index (χ4v) is 10.7. The Kier molecular flexibility index (Phi) is 6.43. The van der Waals surface area contributed by atoms with Gasteiger partial charge in [0.1, 0.15) is 0 Å². The summed E-state index contributed by atoms with van der Waals surface area (Å²) in [6.07, 6.45) is 0. The highest BCUT2D eigenvalue weighted by Crippen LogP contribution is 2.11. The van der Waals surface area contributed by atoms with E-state index in [0.29, 0.717) is 0 Å². The number of benzene rings is 3. The molecule has 0 spiro atoms. The van der Waals surface area contributed by atoms with Crippen molar-refractivity contribution >= 4 is 23.4 Å². The third-order valence-electron chi connectivity index (χ3n) is 4.30. The summed E-state index contributed by atoms with van der Waals surface area (Å²) < 4.78 is 33.7. The van der Waals surface area contributed by atoms with Gasteiger partial charge in [-0.05, 0) is 45.8 Å². The lowest BCUT2D eigenvalue weighted by atomic mass is 10.2. The molecule has 0 aromatic heterocycles. The maximum atomic E-state index is 13.0. The van der Waals surface area contributed by atoms with Gasteiger partial charge < -0.3 is 0 Å². The fraction of sp³-hybridized carbons (Fsp3) is 0.182. The standard InChI is InChI=1S/C22H25IO3SSi/c1-18-10-14-21(15-11-18)27(24,25)26-23(19-8-6-5-7-9-19)20-12-16-22(17-13-20)28(2,3)4/h5-17H,1-4H3/q+1. The molecule has 3 aromatic carbocycles. The Morgan fingerprint density at radius 1 is 0.750 bits per heavy atom. The van der Waals surface area contributed by atoms with Crippen molar-refractivity contribution < 1.29 is 31.2 Å². The largest absolute Gasteiger partial charge is 0.336 e. The van der Waals surface area contributed by atoms with Crippen LogP contribution in [0.25, 0.3) is 0 Å². The van der Waals surface area contributed by atoms with E-state index in [1.807, 2.05) is 37.3 Å². The van der Waals surface area contributed by atoms with E-state index in [1.165, 1.54) is 5.19 Å². The van der Waals surface area contributed by atoms with Crippen molar-refractivity contribution in [3.8, 4) is 0 Å². The van der Waals surface area contributed by atoms with E-state index in [2.05, 4.69) is 43.9 Å². The Morgan fingerprint density at radius 2 is 1.29 bits per heavy atom. The zero-order chi connectivity index (χ0) is 20.4. The van der Waals surface area contributed by atoms with Crippen LogP contribution in [-0.2, 0) is 12.6 Å². The third kappa shape index (κ3) is 5.11. The number of hydrogen-bond donors (Lipinski definition) is 0. The molecule has 147 valence electrons. The van der Waals surface area contributed by atoms with Gasteiger partial charge >= 0.3 is 30.4 Å². The summed E-state index contributed by atoms with van der Waals surface area (Å²) >= 11 is -2.62. The Labute approximate surface area is 176 Å². The molecule has 0 aliphatic rings. The molecular weight excluding hydrogens is 499 g/mol. The van der Waals surface area contributed by atoms with Crippen molar-refractivity contribution in [3.05, 3.63) is 91.6 Å². The second-order valence-corrected chi connectivity index (χ2v) is 19.2. The topological polar surface area (TPSA) is 43.4 Å². The molecule has 0 aliphatic heterocycles. The Morgan fingerprint density at radius 3 is 1.82 bits per heavy atom. The van der Waals surface area contributed by atoms with E-state index in [0.717, 1.165) is 12.7 Å². The minimum absolute atomic E-state index is 0.204. The van der Waals surface area contributed by atoms with E-state index < -0.39 is 38.4 Å². The average Bonchev–Trinajstić information content (AvgIpc) is 2.67. The molecule has 0 saturated heterocycles. The number of aryl methyl sites for hydroxylation is 1. The van der Waals surface area contributed by atoms with Crippen molar-refractivity contribution in [1.29, 1.82) is 0 Å². The summed E-state index contributed by atoms with van der Waals surface area (Å²) in [5.41, 5.74) is 1.01. The Balaban J connectivity index is 2.00. The van der Waals surface area contributed by atoms with Crippen LogP contribution in [0.4, 0.5) is 0 Å². The first-order valence-corrected chi connectivity index (χ1v) is 17.0. The van der Waals surface area contributed by atoms with E-state index in [1.54, 1.807) is 24.3 Å². The van der Waals surface area contributed by atoms with Crippen LogP contribution in [0.2, 0.25) is 19.6 Å². The molecule has 0 fully saturated rings. The molecular formula is C22H25IO3SSi+. The highest BCUT2D eigenvalue weighted by atomic mass is 127. The molecule has 3 rings (SSSR count). The van der Waals surface area contributed by atoms with Crippen LogP contribution in [-0.4, -0.2) is 16.5 Å². The van der Waals surface area contributed by atoms with Gasteiger partial charge in [0.25, 0.3) is 0 Å². The molecule has 0 unspecified atom stereocenters. The third-order valence-corrected chi connectivity index (χ3v) is 13.7. The van der Waals surface area contributed by atoms with Gasteiger partial charge in [0.05, 0.1) is 13.0 Å². The molecule has 0 saturated carbocycles. The summed E-state index contributed by atoms with van der Waals surface area (Å²) in [7, 11) is -5.25. The van der Waals surface area contributed by atoms with Crippen LogP contribution in [0.1, 0.15) is 5.56 Å². The maximum Gasteiger partial charge on any atom is 0.336 e. The zero-order valence-electron chi connectivity index (χ0n) is 16.5. The second-order valence-electron chi connectivity index (χ2n) is 7.63. The van der Waals surface area contributed by atoms with Crippen molar-refractivity contribution in [3.63, 3.8) is 0 Å². The molecule has 0 atom stereocenters. The number of rotatable bonds is 6. The SMILES string of the molecule is Cc1ccc(S(=O)(=O)O[I+](c2ccccc2)c2ccc([Si](C)(C)C)cc2)cc1. The summed E-state index contributed by atoms with van der Waals surface area (Å²) in [5.74, 6) is 0. The van der Waals surface area contributed by atoms with E-state index in [-0.39, 0.29) is 4.90 Å². The van der Waals surface area contributed by atoms with Gasteiger partial charge in [0, 0.05) is 0 Å². The summed E-state index contributed by atoms with van der Waals surface area (Å²) in [4.78, 5) is 0.204. The van der Waals surface area contributed by atoms with Gasteiger partial charge in [-0.1, -0.05) is 72.9 Å². The first-order valence-electron chi connectivity index (χ1n) is 9.04. The lowest BCUT2D eigenvalue weighted by molar-refractivity contribution is -1.03. The van der Waals surface area contributed by atoms with Gasteiger partial charge in [-0.25, -0.2) is 0 Å². The number of hydrogen-bond acceptors (Lipinski definition) is 3. The van der Waals surface area contributed by atoms with Crippen molar-refractivity contribution in [2.75, 3.05) is 0 Å². The number of halogens is 1. The minimum Gasteiger partial charge on any atom is -0.190 e. The predicted octanol–water partition coefficient (Wildman–Crippen LogP) is 1.52. The molecule has 0 heterocycles. The summed E-state index contributed by atoms with van der Waals surface area (Å²) in [6, 6.07) is 24.9. The van der Waals surface area contributed by atoms with Gasteiger partial charge in [0.15, 0.2) is 7.14 Å². The predicted molar refractivity (Wildman–Crippen MR) is 113 cm³/mol. The average molecular weight is 524 g/mol. The molecule has 0 bridgehead atoms. The van der Waals surface area contributed by atoms with Gasteiger partial charge in [0.2, 0.25) is 0 Å². The molecule has 3 aromatic rings. The van der Waals surface area contributed by atoms with Gasteiger partial charge in [-0.15, -0.1) is 0 Å². The highest BCUT2D eigenvalue weighted by Gasteiger charge is 2.37. The van der Waals surface area contributed by atoms with Crippen LogP contribution >= 0.6 is 0 Å². The second kappa shape index (κ2) is 8.48. The molecule has 3 nitrogen and oxygen atoms in total. The Bertz CT molecular complexity index is 1030. The summed E-state index contributed by atoms with van der Waals surface area (Å²) in [6.45, 7) is 8.83. The van der Waals surface area contributed by atoms with Crippen LogP contribution in [0.15, 0.2) is 83.8 Å². The lowest BCUT2D eigenvalue weighted by Crippen LogP contribution is -3.85.